The Morgan fingerprint density at radius 1 is 1.27 bits per heavy atom. The number of unbranched alkanes of at least 4 members (excludes halogenated alkanes) is 1. The van der Waals surface area contributed by atoms with Gasteiger partial charge in [-0.15, -0.1) is 0 Å². The zero-order chi connectivity index (χ0) is 16.1. The second-order valence-electron chi connectivity index (χ2n) is 4.91. The average Bonchev–Trinajstić information content (AvgIpc) is 2.80. The Labute approximate surface area is 129 Å². The van der Waals surface area contributed by atoms with Gasteiger partial charge in [0.1, 0.15) is 6.07 Å². The first-order valence-corrected chi connectivity index (χ1v) is 7.38. The van der Waals surface area contributed by atoms with Crippen LogP contribution in [0, 0.1) is 11.3 Å². The van der Waals surface area contributed by atoms with Crippen LogP contribution in [-0.4, -0.2) is 29.9 Å². The zero-order valence-electron chi connectivity index (χ0n) is 12.8. The highest BCUT2D eigenvalue weighted by Crippen LogP contribution is 2.35. The highest BCUT2D eigenvalue weighted by atomic mass is 16.5. The van der Waals surface area contributed by atoms with Gasteiger partial charge in [0.25, 0.3) is 5.91 Å². The summed E-state index contributed by atoms with van der Waals surface area (Å²) in [6.07, 6.45) is 1.71. The van der Waals surface area contributed by atoms with Crippen LogP contribution in [0.25, 0.3) is 5.70 Å². The number of nitriles is 1. The van der Waals surface area contributed by atoms with Crippen molar-refractivity contribution in [1.82, 2.24) is 4.90 Å². The summed E-state index contributed by atoms with van der Waals surface area (Å²) in [5, 5.41) is 9.39. The van der Waals surface area contributed by atoms with Gasteiger partial charge in [0.2, 0.25) is 0 Å². The molecule has 0 unspecified atom stereocenters. The van der Waals surface area contributed by atoms with Gasteiger partial charge in [-0.05, 0) is 19.4 Å². The molecule has 0 atom stereocenters. The SMILES string of the molecule is CCCCN1C(=O)c2ccccc2/C1=C(\C#N)C(=O)OCC. The maximum atomic E-state index is 12.5. The molecule has 0 saturated carbocycles. The van der Waals surface area contributed by atoms with Gasteiger partial charge in [0.15, 0.2) is 5.57 Å². The summed E-state index contributed by atoms with van der Waals surface area (Å²) >= 11 is 0. The number of carbonyl (C=O) groups excluding carboxylic acids is 2. The van der Waals surface area contributed by atoms with E-state index in [2.05, 4.69) is 0 Å². The number of amides is 1. The molecule has 0 fully saturated rings. The molecule has 2 rings (SSSR count). The Bertz CT molecular complexity index is 671. The van der Waals surface area contributed by atoms with Gasteiger partial charge in [0.05, 0.1) is 12.3 Å². The van der Waals surface area contributed by atoms with Crippen molar-refractivity contribution in [1.29, 1.82) is 5.26 Å². The number of ether oxygens (including phenoxy) is 1. The van der Waals surface area contributed by atoms with Gasteiger partial charge < -0.3 is 9.64 Å². The maximum absolute atomic E-state index is 12.5. The minimum absolute atomic E-state index is 0.115. The average molecular weight is 298 g/mol. The lowest BCUT2D eigenvalue weighted by Crippen LogP contribution is -2.26. The molecule has 0 spiro atoms. The predicted molar refractivity (Wildman–Crippen MR) is 81.6 cm³/mol. The van der Waals surface area contributed by atoms with Crippen LogP contribution in [0.3, 0.4) is 0 Å². The van der Waals surface area contributed by atoms with E-state index in [9.17, 15) is 14.9 Å². The lowest BCUT2D eigenvalue weighted by molar-refractivity contribution is -0.137. The molecule has 114 valence electrons. The van der Waals surface area contributed by atoms with E-state index < -0.39 is 5.97 Å². The Balaban J connectivity index is 2.59. The predicted octanol–water partition coefficient (Wildman–Crippen LogP) is 2.74. The largest absolute Gasteiger partial charge is 0.462 e. The molecule has 1 aromatic carbocycles. The van der Waals surface area contributed by atoms with Crippen molar-refractivity contribution >= 4 is 17.6 Å². The van der Waals surface area contributed by atoms with Crippen LogP contribution < -0.4 is 0 Å². The number of benzene rings is 1. The normalized spacial score (nSPS) is 15.3. The summed E-state index contributed by atoms with van der Waals surface area (Å²) in [6.45, 7) is 4.36. The van der Waals surface area contributed by atoms with Crippen molar-refractivity contribution in [3.8, 4) is 6.07 Å². The van der Waals surface area contributed by atoms with Gasteiger partial charge in [-0.1, -0.05) is 31.5 Å². The Kier molecular flexibility index (Phi) is 4.95. The molecular weight excluding hydrogens is 280 g/mol. The first-order valence-electron chi connectivity index (χ1n) is 7.38. The van der Waals surface area contributed by atoms with Crippen LogP contribution in [0.2, 0.25) is 0 Å². The number of hydrogen-bond acceptors (Lipinski definition) is 4. The smallest absolute Gasteiger partial charge is 0.351 e. The van der Waals surface area contributed by atoms with Crippen molar-refractivity contribution in [2.24, 2.45) is 0 Å². The Morgan fingerprint density at radius 2 is 1.95 bits per heavy atom. The fourth-order valence-corrected chi connectivity index (χ4v) is 2.47. The molecule has 1 heterocycles. The van der Waals surface area contributed by atoms with E-state index in [4.69, 9.17) is 4.74 Å². The minimum Gasteiger partial charge on any atom is -0.462 e. The molecule has 0 N–H and O–H groups in total. The molecule has 1 amide bonds. The van der Waals surface area contributed by atoms with E-state index in [1.165, 1.54) is 4.90 Å². The van der Waals surface area contributed by atoms with Crippen molar-refractivity contribution in [3.63, 3.8) is 0 Å². The summed E-state index contributed by atoms with van der Waals surface area (Å²) in [7, 11) is 0. The third-order valence-corrected chi connectivity index (χ3v) is 3.49. The minimum atomic E-state index is -0.689. The number of esters is 1. The van der Waals surface area contributed by atoms with Gasteiger partial charge in [-0.25, -0.2) is 4.79 Å². The highest BCUT2D eigenvalue weighted by molar-refractivity contribution is 6.14. The van der Waals surface area contributed by atoms with Gasteiger partial charge in [-0.3, -0.25) is 4.79 Å². The topological polar surface area (TPSA) is 70.4 Å². The van der Waals surface area contributed by atoms with E-state index >= 15 is 0 Å². The fourth-order valence-electron chi connectivity index (χ4n) is 2.47. The number of nitrogens with zero attached hydrogens (tertiary/aromatic N) is 2. The summed E-state index contributed by atoms with van der Waals surface area (Å²) in [6, 6.07) is 8.93. The molecule has 0 radical (unpaired) electrons. The highest BCUT2D eigenvalue weighted by Gasteiger charge is 2.35. The summed E-state index contributed by atoms with van der Waals surface area (Å²) in [5.41, 5.74) is 1.39. The second kappa shape index (κ2) is 6.90. The van der Waals surface area contributed by atoms with E-state index in [0.29, 0.717) is 23.4 Å². The standard InChI is InChI=1S/C17H18N2O3/c1-3-5-10-19-15(14(11-18)17(21)22-4-2)12-8-6-7-9-13(12)16(19)20/h6-9H,3-5,10H2,1-2H3/b15-14-. The molecule has 1 aliphatic rings. The summed E-state index contributed by atoms with van der Waals surface area (Å²) in [5.74, 6) is -0.859. The van der Waals surface area contributed by atoms with Crippen molar-refractivity contribution in [2.45, 2.75) is 26.7 Å². The van der Waals surface area contributed by atoms with Crippen molar-refractivity contribution in [2.75, 3.05) is 13.2 Å². The Hall–Kier alpha value is -2.61. The monoisotopic (exact) mass is 298 g/mol. The Morgan fingerprint density at radius 3 is 2.55 bits per heavy atom. The zero-order valence-corrected chi connectivity index (χ0v) is 12.8. The number of carbonyl (C=O) groups is 2. The number of rotatable bonds is 5. The fraction of sp³-hybridized carbons (Fsp3) is 0.353. The van der Waals surface area contributed by atoms with Crippen molar-refractivity contribution in [3.05, 3.63) is 41.0 Å². The molecule has 0 bridgehead atoms. The summed E-state index contributed by atoms with van der Waals surface area (Å²) < 4.78 is 4.95. The quantitative estimate of drug-likeness (QED) is 0.476. The van der Waals surface area contributed by atoms with Crippen LogP contribution in [0.15, 0.2) is 29.8 Å². The molecule has 1 aliphatic heterocycles. The molecule has 5 nitrogen and oxygen atoms in total. The van der Waals surface area contributed by atoms with Crippen LogP contribution in [-0.2, 0) is 9.53 Å². The van der Waals surface area contributed by atoms with Crippen LogP contribution in [0.5, 0.6) is 0 Å². The molecule has 0 aliphatic carbocycles. The van der Waals surface area contributed by atoms with Gasteiger partial charge in [0, 0.05) is 17.7 Å². The molecule has 22 heavy (non-hydrogen) atoms. The lowest BCUT2D eigenvalue weighted by atomic mass is 10.0. The molecular formula is C17H18N2O3. The van der Waals surface area contributed by atoms with Gasteiger partial charge >= 0.3 is 5.97 Å². The van der Waals surface area contributed by atoms with Crippen LogP contribution in [0.4, 0.5) is 0 Å². The summed E-state index contributed by atoms with van der Waals surface area (Å²) in [4.78, 5) is 26.1. The third kappa shape index (κ3) is 2.73. The molecule has 0 aromatic heterocycles. The molecule has 0 saturated heterocycles. The van der Waals surface area contributed by atoms with E-state index in [1.807, 2.05) is 13.0 Å². The second-order valence-corrected chi connectivity index (χ2v) is 4.91. The number of fused-ring (bicyclic) bond motifs is 1. The van der Waals surface area contributed by atoms with Crippen molar-refractivity contribution < 1.29 is 14.3 Å². The lowest BCUT2D eigenvalue weighted by Gasteiger charge is -2.19. The van der Waals surface area contributed by atoms with Crippen LogP contribution >= 0.6 is 0 Å². The van der Waals surface area contributed by atoms with Gasteiger partial charge in [-0.2, -0.15) is 5.26 Å². The molecule has 1 aromatic rings. The van der Waals surface area contributed by atoms with E-state index in [1.54, 1.807) is 31.2 Å². The van der Waals surface area contributed by atoms with E-state index in [-0.39, 0.29) is 18.1 Å². The number of hydrogen-bond donors (Lipinski definition) is 0. The third-order valence-electron chi connectivity index (χ3n) is 3.49. The first kappa shape index (κ1) is 15.8. The molecule has 5 heteroatoms. The maximum Gasteiger partial charge on any atom is 0.351 e. The van der Waals surface area contributed by atoms with Crippen LogP contribution in [0.1, 0.15) is 42.6 Å². The van der Waals surface area contributed by atoms with E-state index in [0.717, 1.165) is 12.8 Å². The first-order chi connectivity index (χ1) is 10.7.